The van der Waals surface area contributed by atoms with Crippen LogP contribution in [0.1, 0.15) is 25.3 Å². The number of carbonyl (C=O) groups is 2. The number of benzene rings is 1. The molecule has 1 saturated carbocycles. The number of ether oxygens (including phenoxy) is 1. The maximum absolute atomic E-state index is 11.9. The first-order chi connectivity index (χ1) is 8.87. The number of rotatable bonds is 2. The van der Waals surface area contributed by atoms with E-state index in [1.807, 2.05) is 0 Å². The van der Waals surface area contributed by atoms with E-state index in [9.17, 15) is 19.7 Å². The Morgan fingerprint density at radius 2 is 1.74 bits per heavy atom. The summed E-state index contributed by atoms with van der Waals surface area (Å²) in [5, 5.41) is 10.6. The molecule has 6 heteroatoms. The summed E-state index contributed by atoms with van der Waals surface area (Å²) in [4.78, 5) is 33.6. The Bertz CT molecular complexity index is 598. The minimum absolute atomic E-state index is 0.0255. The predicted molar refractivity (Wildman–Crippen MR) is 63.2 cm³/mol. The van der Waals surface area contributed by atoms with Gasteiger partial charge in [0.1, 0.15) is 0 Å². The van der Waals surface area contributed by atoms with Crippen LogP contribution in [0.5, 0.6) is 0 Å². The zero-order valence-corrected chi connectivity index (χ0v) is 10.2. The molecule has 1 aromatic rings. The Labute approximate surface area is 108 Å². The number of hydrogen-bond donors (Lipinski definition) is 0. The highest BCUT2D eigenvalue weighted by atomic mass is 16.6. The number of non-ortho nitro benzene ring substituents is 1. The molecule has 3 fully saturated rings. The smallest absolute Gasteiger partial charge is 0.324 e. The first kappa shape index (κ1) is 11.8. The third-order valence-electron chi connectivity index (χ3n) is 4.08. The fourth-order valence-corrected chi connectivity index (χ4v) is 3.10. The highest BCUT2D eigenvalue weighted by molar-refractivity contribution is 6.02. The quantitative estimate of drug-likeness (QED) is 0.350. The molecule has 0 N–H and O–H groups in total. The predicted octanol–water partition coefficient (Wildman–Crippen LogP) is 1.72. The van der Waals surface area contributed by atoms with Gasteiger partial charge in [0, 0.05) is 12.1 Å². The van der Waals surface area contributed by atoms with Crippen molar-refractivity contribution < 1.29 is 19.2 Å². The van der Waals surface area contributed by atoms with Gasteiger partial charge < -0.3 is 4.74 Å². The molecule has 1 aliphatic carbocycles. The van der Waals surface area contributed by atoms with Gasteiger partial charge in [0.25, 0.3) is 5.69 Å². The SMILES string of the molecule is CC12CC(c3ccc([N+](=O)[O-])cc3)(C1)C(=O)OC2=O. The lowest BCUT2D eigenvalue weighted by molar-refractivity contribution is -0.384. The van der Waals surface area contributed by atoms with Gasteiger partial charge in [-0.2, -0.15) is 0 Å². The van der Waals surface area contributed by atoms with E-state index in [4.69, 9.17) is 4.74 Å². The van der Waals surface area contributed by atoms with Crippen LogP contribution < -0.4 is 0 Å². The van der Waals surface area contributed by atoms with Gasteiger partial charge in [-0.05, 0) is 25.3 Å². The summed E-state index contributed by atoms with van der Waals surface area (Å²) >= 11 is 0. The van der Waals surface area contributed by atoms with E-state index in [1.54, 1.807) is 19.1 Å². The summed E-state index contributed by atoms with van der Waals surface area (Å²) in [5.41, 5.74) is -0.761. The molecule has 0 radical (unpaired) electrons. The molecule has 2 aliphatic heterocycles. The zero-order valence-electron chi connectivity index (χ0n) is 10.2. The summed E-state index contributed by atoms with van der Waals surface area (Å²) < 4.78 is 4.77. The lowest BCUT2D eigenvalue weighted by Gasteiger charge is -2.54. The molecule has 98 valence electrons. The van der Waals surface area contributed by atoms with E-state index >= 15 is 0 Å². The number of esters is 2. The number of fused-ring (bicyclic) bond motifs is 2. The van der Waals surface area contributed by atoms with Crippen LogP contribution >= 0.6 is 0 Å². The molecule has 4 rings (SSSR count). The molecular weight excluding hydrogens is 250 g/mol. The molecule has 0 atom stereocenters. The van der Waals surface area contributed by atoms with Gasteiger partial charge in [-0.1, -0.05) is 12.1 Å². The molecule has 1 aromatic carbocycles. The Kier molecular flexibility index (Phi) is 2.12. The molecule has 0 spiro atoms. The molecule has 2 bridgehead atoms. The number of nitro groups is 1. The van der Waals surface area contributed by atoms with Crippen molar-refractivity contribution in [3.63, 3.8) is 0 Å². The van der Waals surface area contributed by atoms with Crippen molar-refractivity contribution >= 4 is 17.6 Å². The Balaban J connectivity index is 1.97. The largest absolute Gasteiger partial charge is 0.392 e. The molecule has 0 amide bonds. The van der Waals surface area contributed by atoms with Crippen LogP contribution in [-0.2, 0) is 19.7 Å². The van der Waals surface area contributed by atoms with Crippen molar-refractivity contribution in [2.75, 3.05) is 0 Å². The number of nitro benzene ring substituents is 1. The fraction of sp³-hybridized carbons (Fsp3) is 0.385. The van der Waals surface area contributed by atoms with Gasteiger partial charge in [0.2, 0.25) is 0 Å². The van der Waals surface area contributed by atoms with Gasteiger partial charge in [-0.25, -0.2) is 0 Å². The number of carbonyl (C=O) groups excluding carboxylic acids is 2. The van der Waals surface area contributed by atoms with E-state index in [0.717, 1.165) is 0 Å². The summed E-state index contributed by atoms with van der Waals surface area (Å²) in [6.07, 6.45) is 0.824. The molecule has 0 unspecified atom stereocenters. The highest BCUT2D eigenvalue weighted by Gasteiger charge is 2.67. The number of hydrogen-bond acceptors (Lipinski definition) is 5. The Morgan fingerprint density at radius 3 is 2.26 bits per heavy atom. The standard InChI is InChI=1S/C13H11NO5/c1-12-6-13(7-12,11(16)19-10(12)15)8-2-4-9(5-3-8)14(17)18/h2-5H,6-7H2,1H3. The number of nitrogens with zero attached hydrogens (tertiary/aromatic N) is 1. The molecule has 6 nitrogen and oxygen atoms in total. The molecule has 19 heavy (non-hydrogen) atoms. The van der Waals surface area contributed by atoms with Crippen LogP contribution in [0, 0.1) is 15.5 Å². The molecular formula is C13H11NO5. The second-order valence-corrected chi connectivity index (χ2v) is 5.48. The minimum Gasteiger partial charge on any atom is -0.392 e. The lowest BCUT2D eigenvalue weighted by Crippen LogP contribution is -2.63. The summed E-state index contributed by atoms with van der Waals surface area (Å²) in [5.74, 6) is -1.02. The van der Waals surface area contributed by atoms with E-state index in [-0.39, 0.29) is 5.69 Å². The monoisotopic (exact) mass is 261 g/mol. The normalized spacial score (nSPS) is 32.5. The van der Waals surface area contributed by atoms with Gasteiger partial charge >= 0.3 is 11.9 Å². The first-order valence-electron chi connectivity index (χ1n) is 5.89. The van der Waals surface area contributed by atoms with Crippen LogP contribution in [0.2, 0.25) is 0 Å². The van der Waals surface area contributed by atoms with Crippen molar-refractivity contribution in [3.8, 4) is 0 Å². The molecule has 0 aromatic heterocycles. The summed E-state index contributed by atoms with van der Waals surface area (Å²) in [7, 11) is 0. The average molecular weight is 261 g/mol. The average Bonchev–Trinajstić information content (AvgIpc) is 2.33. The second kappa shape index (κ2) is 3.40. The van der Waals surface area contributed by atoms with Crippen LogP contribution in [0.15, 0.2) is 24.3 Å². The maximum atomic E-state index is 11.9. The summed E-state index contributed by atoms with van der Waals surface area (Å²) in [6.45, 7) is 1.77. The van der Waals surface area contributed by atoms with Crippen molar-refractivity contribution in [2.45, 2.75) is 25.2 Å². The summed E-state index contributed by atoms with van der Waals surface area (Å²) in [6, 6.07) is 5.86. The molecule has 2 heterocycles. The van der Waals surface area contributed by atoms with Crippen molar-refractivity contribution in [3.05, 3.63) is 39.9 Å². The van der Waals surface area contributed by atoms with Gasteiger partial charge in [-0.3, -0.25) is 19.7 Å². The van der Waals surface area contributed by atoms with Crippen molar-refractivity contribution in [1.29, 1.82) is 0 Å². The lowest BCUT2D eigenvalue weighted by atomic mass is 9.49. The van der Waals surface area contributed by atoms with Gasteiger partial charge in [0.05, 0.1) is 15.8 Å². The van der Waals surface area contributed by atoms with Crippen molar-refractivity contribution in [2.24, 2.45) is 5.41 Å². The Hall–Kier alpha value is -2.24. The topological polar surface area (TPSA) is 86.5 Å². The van der Waals surface area contributed by atoms with E-state index in [1.165, 1.54) is 12.1 Å². The van der Waals surface area contributed by atoms with E-state index in [0.29, 0.717) is 18.4 Å². The van der Waals surface area contributed by atoms with Gasteiger partial charge in [0.15, 0.2) is 0 Å². The molecule has 3 aliphatic rings. The van der Waals surface area contributed by atoms with E-state index < -0.39 is 27.7 Å². The maximum Gasteiger partial charge on any atom is 0.324 e. The second-order valence-electron chi connectivity index (χ2n) is 5.48. The van der Waals surface area contributed by atoms with Crippen molar-refractivity contribution in [1.82, 2.24) is 0 Å². The van der Waals surface area contributed by atoms with Crippen LogP contribution in [0.3, 0.4) is 0 Å². The highest BCUT2D eigenvalue weighted by Crippen LogP contribution is 2.60. The molecule has 2 saturated heterocycles. The fourth-order valence-electron chi connectivity index (χ4n) is 3.10. The van der Waals surface area contributed by atoms with E-state index in [2.05, 4.69) is 0 Å². The van der Waals surface area contributed by atoms with Crippen LogP contribution in [0.4, 0.5) is 5.69 Å². The first-order valence-corrected chi connectivity index (χ1v) is 5.89. The zero-order chi connectivity index (χ0) is 13.8. The third-order valence-corrected chi connectivity index (χ3v) is 4.08. The third kappa shape index (κ3) is 1.43. The van der Waals surface area contributed by atoms with Crippen LogP contribution in [-0.4, -0.2) is 16.9 Å². The Morgan fingerprint density at radius 1 is 1.16 bits per heavy atom. The van der Waals surface area contributed by atoms with Crippen LogP contribution in [0.25, 0.3) is 0 Å². The van der Waals surface area contributed by atoms with Gasteiger partial charge in [-0.15, -0.1) is 0 Å². The minimum atomic E-state index is -0.808.